The van der Waals surface area contributed by atoms with Gasteiger partial charge in [0.25, 0.3) is 0 Å². The van der Waals surface area contributed by atoms with Crippen LogP contribution in [0.2, 0.25) is 0 Å². The Balaban J connectivity index is 2.01. The third kappa shape index (κ3) is 2.76. The lowest BCUT2D eigenvalue weighted by molar-refractivity contribution is -0.134. The quantitative estimate of drug-likeness (QED) is 0.924. The minimum Gasteiger partial charge on any atom is -0.356 e. The highest BCUT2D eigenvalue weighted by Gasteiger charge is 2.33. The zero-order valence-corrected chi connectivity index (χ0v) is 9.64. The molecule has 0 aliphatic heterocycles. The molecule has 0 saturated carbocycles. The van der Waals surface area contributed by atoms with Crippen LogP contribution in [0.4, 0.5) is 18.3 Å². The van der Waals surface area contributed by atoms with Gasteiger partial charge >= 0.3 is 6.18 Å². The number of nitrogens with one attached hydrogen (secondary N) is 1. The van der Waals surface area contributed by atoms with Gasteiger partial charge in [0.1, 0.15) is 4.88 Å². The molecule has 0 aromatic carbocycles. The van der Waals surface area contributed by atoms with E-state index in [0.717, 1.165) is 11.9 Å². The third-order valence-electron chi connectivity index (χ3n) is 2.13. The van der Waals surface area contributed by atoms with Crippen molar-refractivity contribution in [3.05, 3.63) is 29.0 Å². The first-order valence-electron chi connectivity index (χ1n) is 4.70. The van der Waals surface area contributed by atoms with E-state index in [4.69, 9.17) is 0 Å². The number of alkyl halides is 3. The van der Waals surface area contributed by atoms with Crippen LogP contribution in [0.5, 0.6) is 0 Å². The van der Waals surface area contributed by atoms with E-state index in [1.54, 1.807) is 24.0 Å². The molecule has 0 unspecified atom stereocenters. The molecule has 4 nitrogen and oxygen atoms in total. The topological polar surface area (TPSA) is 42.7 Å². The monoisotopic (exact) mass is 262 g/mol. The second-order valence-electron chi connectivity index (χ2n) is 3.33. The van der Waals surface area contributed by atoms with Gasteiger partial charge in [-0.2, -0.15) is 18.3 Å². The van der Waals surface area contributed by atoms with Crippen molar-refractivity contribution in [3.8, 4) is 0 Å². The normalized spacial score (nSPS) is 11.8. The van der Waals surface area contributed by atoms with Gasteiger partial charge in [-0.1, -0.05) is 11.3 Å². The number of nitrogens with zero attached hydrogens (tertiary/aromatic N) is 3. The average Bonchev–Trinajstić information content (AvgIpc) is 2.82. The van der Waals surface area contributed by atoms with Gasteiger partial charge in [-0.3, -0.25) is 4.68 Å². The van der Waals surface area contributed by atoms with E-state index in [0.29, 0.717) is 17.9 Å². The molecule has 17 heavy (non-hydrogen) atoms. The Labute approximate surface area is 99.1 Å². The van der Waals surface area contributed by atoms with E-state index in [2.05, 4.69) is 15.4 Å². The molecule has 0 fully saturated rings. The highest BCUT2D eigenvalue weighted by molar-refractivity contribution is 7.15. The van der Waals surface area contributed by atoms with Gasteiger partial charge in [0.15, 0.2) is 5.13 Å². The maximum absolute atomic E-state index is 12.3. The molecule has 0 aliphatic carbocycles. The summed E-state index contributed by atoms with van der Waals surface area (Å²) in [6.45, 7) is 0.390. The molecule has 0 saturated heterocycles. The van der Waals surface area contributed by atoms with Crippen LogP contribution in [0.3, 0.4) is 0 Å². The smallest absolute Gasteiger partial charge is 0.356 e. The summed E-state index contributed by atoms with van der Waals surface area (Å²) in [5.41, 5.74) is 0.869. The van der Waals surface area contributed by atoms with Crippen molar-refractivity contribution in [2.75, 3.05) is 5.32 Å². The first-order chi connectivity index (χ1) is 7.97. The first kappa shape index (κ1) is 11.9. The average molecular weight is 262 g/mol. The predicted octanol–water partition coefficient (Wildman–Crippen LogP) is 2.51. The summed E-state index contributed by atoms with van der Waals surface area (Å²) in [6.07, 6.45) is -1.87. The Hall–Kier alpha value is -1.57. The molecule has 0 radical (unpaired) electrons. The second-order valence-corrected chi connectivity index (χ2v) is 4.36. The standard InChI is InChI=1S/C9H9F3N4S/c1-16-6(2-3-15-16)4-13-8-14-5-7(17-8)9(10,11)12/h2-3,5H,4H2,1H3,(H,13,14). The number of halogens is 3. The molecule has 2 aromatic heterocycles. The van der Waals surface area contributed by atoms with E-state index >= 15 is 0 Å². The van der Waals surface area contributed by atoms with Crippen molar-refractivity contribution >= 4 is 16.5 Å². The van der Waals surface area contributed by atoms with E-state index in [9.17, 15) is 13.2 Å². The molecular formula is C9H9F3N4S. The lowest BCUT2D eigenvalue weighted by atomic mass is 10.4. The Kier molecular flexibility index (Phi) is 3.05. The highest BCUT2D eigenvalue weighted by atomic mass is 32.1. The number of hydrogen-bond acceptors (Lipinski definition) is 4. The van der Waals surface area contributed by atoms with Crippen LogP contribution in [0.15, 0.2) is 18.5 Å². The molecule has 2 aromatic rings. The fourth-order valence-electron chi connectivity index (χ4n) is 1.23. The van der Waals surface area contributed by atoms with Crippen molar-refractivity contribution < 1.29 is 13.2 Å². The van der Waals surface area contributed by atoms with Crippen LogP contribution in [-0.4, -0.2) is 14.8 Å². The summed E-state index contributed by atoms with van der Waals surface area (Å²) in [6, 6.07) is 1.78. The van der Waals surface area contributed by atoms with Gasteiger partial charge in [0.2, 0.25) is 0 Å². The summed E-state index contributed by atoms with van der Waals surface area (Å²) in [4.78, 5) is 2.97. The summed E-state index contributed by atoms with van der Waals surface area (Å²) in [5.74, 6) is 0. The van der Waals surface area contributed by atoms with Crippen LogP contribution >= 0.6 is 11.3 Å². The fourth-order valence-corrected chi connectivity index (χ4v) is 1.91. The first-order valence-corrected chi connectivity index (χ1v) is 5.52. The summed E-state index contributed by atoms with van der Waals surface area (Å²) in [5, 5.41) is 7.03. The highest BCUT2D eigenvalue weighted by Crippen LogP contribution is 2.35. The lowest BCUT2D eigenvalue weighted by Crippen LogP contribution is -2.05. The number of aromatic nitrogens is 3. The van der Waals surface area contributed by atoms with E-state index in [1.807, 2.05) is 0 Å². The molecule has 0 amide bonds. The van der Waals surface area contributed by atoms with Gasteiger partial charge in [-0.05, 0) is 6.07 Å². The van der Waals surface area contributed by atoms with Crippen molar-refractivity contribution in [1.82, 2.24) is 14.8 Å². The fraction of sp³-hybridized carbons (Fsp3) is 0.333. The summed E-state index contributed by atoms with van der Waals surface area (Å²) >= 11 is 0.591. The molecule has 0 spiro atoms. The molecule has 92 valence electrons. The lowest BCUT2D eigenvalue weighted by Gasteiger charge is -2.03. The molecule has 2 heterocycles. The number of anilines is 1. The zero-order chi connectivity index (χ0) is 12.5. The van der Waals surface area contributed by atoms with Gasteiger partial charge in [-0.25, -0.2) is 4.98 Å². The maximum Gasteiger partial charge on any atom is 0.427 e. The zero-order valence-electron chi connectivity index (χ0n) is 8.82. The predicted molar refractivity (Wildman–Crippen MR) is 57.7 cm³/mol. The van der Waals surface area contributed by atoms with E-state index in [-0.39, 0.29) is 5.13 Å². The Morgan fingerprint density at radius 3 is 2.76 bits per heavy atom. The van der Waals surface area contributed by atoms with Crippen molar-refractivity contribution in [2.45, 2.75) is 12.7 Å². The molecule has 0 bridgehead atoms. The third-order valence-corrected chi connectivity index (χ3v) is 3.13. The minimum atomic E-state index is -4.33. The van der Waals surface area contributed by atoms with Crippen LogP contribution in [0.1, 0.15) is 10.6 Å². The van der Waals surface area contributed by atoms with Gasteiger partial charge in [0, 0.05) is 13.2 Å². The minimum absolute atomic E-state index is 0.249. The van der Waals surface area contributed by atoms with E-state index < -0.39 is 11.1 Å². The van der Waals surface area contributed by atoms with E-state index in [1.165, 1.54) is 0 Å². The number of thiazole rings is 1. The van der Waals surface area contributed by atoms with Gasteiger partial charge in [-0.15, -0.1) is 0 Å². The Bertz CT molecular complexity index is 502. The SMILES string of the molecule is Cn1nccc1CNc1ncc(C(F)(F)F)s1. The summed E-state index contributed by atoms with van der Waals surface area (Å²) in [7, 11) is 1.76. The summed E-state index contributed by atoms with van der Waals surface area (Å²) < 4.78 is 38.6. The molecule has 0 atom stereocenters. The Morgan fingerprint density at radius 1 is 1.47 bits per heavy atom. The van der Waals surface area contributed by atoms with Crippen LogP contribution < -0.4 is 5.32 Å². The van der Waals surface area contributed by atoms with Crippen molar-refractivity contribution in [2.24, 2.45) is 7.05 Å². The molecule has 2 rings (SSSR count). The number of hydrogen-bond donors (Lipinski definition) is 1. The Morgan fingerprint density at radius 2 is 2.24 bits per heavy atom. The molecule has 1 N–H and O–H groups in total. The van der Waals surface area contributed by atoms with Crippen molar-refractivity contribution in [3.63, 3.8) is 0 Å². The van der Waals surface area contributed by atoms with Gasteiger partial charge < -0.3 is 5.32 Å². The van der Waals surface area contributed by atoms with Gasteiger partial charge in [0.05, 0.1) is 18.4 Å². The van der Waals surface area contributed by atoms with Crippen molar-refractivity contribution in [1.29, 1.82) is 0 Å². The largest absolute Gasteiger partial charge is 0.427 e. The molecule has 8 heteroatoms. The van der Waals surface area contributed by atoms with Crippen LogP contribution in [-0.2, 0) is 19.8 Å². The maximum atomic E-state index is 12.3. The second kappa shape index (κ2) is 4.36. The molecular weight excluding hydrogens is 253 g/mol. The number of aryl methyl sites for hydroxylation is 1. The number of rotatable bonds is 3. The van der Waals surface area contributed by atoms with Crippen LogP contribution in [0.25, 0.3) is 0 Å². The van der Waals surface area contributed by atoms with Crippen LogP contribution in [0, 0.1) is 0 Å². The molecule has 0 aliphatic rings.